The van der Waals surface area contributed by atoms with Gasteiger partial charge in [0.2, 0.25) is 0 Å². The van der Waals surface area contributed by atoms with Gasteiger partial charge < -0.3 is 15.0 Å². The molecule has 0 radical (unpaired) electrons. The van der Waals surface area contributed by atoms with Crippen molar-refractivity contribution in [3.8, 4) is 0 Å². The Hall–Kier alpha value is -2.18. The fraction of sp³-hybridized carbons (Fsp3) is 0.429. The number of halogens is 2. The van der Waals surface area contributed by atoms with E-state index in [-0.39, 0.29) is 18.2 Å². The van der Waals surface area contributed by atoms with Crippen LogP contribution in [-0.2, 0) is 4.74 Å². The monoisotopic (exact) mass is 298 g/mol. The quantitative estimate of drug-likeness (QED) is 0.924. The van der Waals surface area contributed by atoms with Gasteiger partial charge in [0.05, 0.1) is 13.1 Å². The van der Waals surface area contributed by atoms with Gasteiger partial charge in [0.15, 0.2) is 11.6 Å². The smallest absolute Gasteiger partial charge is 0.410 e. The minimum absolute atomic E-state index is 0.0129. The van der Waals surface area contributed by atoms with Gasteiger partial charge >= 0.3 is 6.09 Å². The van der Waals surface area contributed by atoms with E-state index < -0.39 is 29.7 Å². The van der Waals surface area contributed by atoms with Crippen LogP contribution in [0, 0.1) is 11.6 Å². The minimum Gasteiger partial charge on any atom is -0.442 e. The van der Waals surface area contributed by atoms with Gasteiger partial charge in [0.25, 0.3) is 5.91 Å². The molecular formula is C14H16F2N2O3. The van der Waals surface area contributed by atoms with Crippen molar-refractivity contribution in [2.45, 2.75) is 26.0 Å². The summed E-state index contributed by atoms with van der Waals surface area (Å²) in [6.45, 7) is 4.23. The SMILES string of the molecule is CC(C)N1CC(CNC(=O)c2ccc(F)c(F)c2)OC1=O. The van der Waals surface area contributed by atoms with Crippen LogP contribution in [0.25, 0.3) is 0 Å². The lowest BCUT2D eigenvalue weighted by atomic mass is 10.2. The van der Waals surface area contributed by atoms with Crippen molar-refractivity contribution in [3.05, 3.63) is 35.4 Å². The topological polar surface area (TPSA) is 58.6 Å². The molecular weight excluding hydrogens is 282 g/mol. The summed E-state index contributed by atoms with van der Waals surface area (Å²) in [6.07, 6.45) is -0.869. The maximum Gasteiger partial charge on any atom is 0.410 e. The van der Waals surface area contributed by atoms with Crippen molar-refractivity contribution in [2.75, 3.05) is 13.1 Å². The van der Waals surface area contributed by atoms with E-state index in [1.165, 1.54) is 6.07 Å². The van der Waals surface area contributed by atoms with Crippen LogP contribution in [0.1, 0.15) is 24.2 Å². The first-order valence-electron chi connectivity index (χ1n) is 6.59. The maximum atomic E-state index is 13.0. The van der Waals surface area contributed by atoms with Gasteiger partial charge in [0.1, 0.15) is 6.10 Å². The first-order valence-corrected chi connectivity index (χ1v) is 6.59. The van der Waals surface area contributed by atoms with Crippen LogP contribution in [0.4, 0.5) is 13.6 Å². The average molecular weight is 298 g/mol. The van der Waals surface area contributed by atoms with Crippen LogP contribution < -0.4 is 5.32 Å². The fourth-order valence-electron chi connectivity index (χ4n) is 2.02. The Morgan fingerprint density at radius 1 is 1.43 bits per heavy atom. The number of rotatable bonds is 4. The number of ether oxygens (including phenoxy) is 1. The van der Waals surface area contributed by atoms with Gasteiger partial charge in [-0.2, -0.15) is 0 Å². The van der Waals surface area contributed by atoms with E-state index in [1.54, 1.807) is 4.90 Å². The third-order valence-electron chi connectivity index (χ3n) is 3.20. The molecule has 1 heterocycles. The van der Waals surface area contributed by atoms with Gasteiger partial charge in [-0.25, -0.2) is 13.6 Å². The molecule has 7 heteroatoms. The third-order valence-corrected chi connectivity index (χ3v) is 3.20. The number of nitrogens with zero attached hydrogens (tertiary/aromatic N) is 1. The van der Waals surface area contributed by atoms with Crippen molar-refractivity contribution in [3.63, 3.8) is 0 Å². The van der Waals surface area contributed by atoms with E-state index in [9.17, 15) is 18.4 Å². The molecule has 1 aliphatic rings. The van der Waals surface area contributed by atoms with Crippen molar-refractivity contribution < 1.29 is 23.1 Å². The van der Waals surface area contributed by atoms with Gasteiger partial charge in [-0.1, -0.05) is 0 Å². The third kappa shape index (κ3) is 3.48. The summed E-state index contributed by atoms with van der Waals surface area (Å²) in [7, 11) is 0. The lowest BCUT2D eigenvalue weighted by Gasteiger charge is -2.16. The fourth-order valence-corrected chi connectivity index (χ4v) is 2.02. The summed E-state index contributed by atoms with van der Waals surface area (Å²) < 4.78 is 30.9. The molecule has 0 aromatic heterocycles. The highest BCUT2D eigenvalue weighted by Gasteiger charge is 2.32. The summed E-state index contributed by atoms with van der Waals surface area (Å²) in [5.74, 6) is -2.64. The van der Waals surface area contributed by atoms with E-state index in [4.69, 9.17) is 4.74 Å². The molecule has 21 heavy (non-hydrogen) atoms. The number of hydrogen-bond acceptors (Lipinski definition) is 3. The zero-order valence-corrected chi connectivity index (χ0v) is 11.7. The second-order valence-electron chi connectivity index (χ2n) is 5.09. The molecule has 1 N–H and O–H groups in total. The second kappa shape index (κ2) is 6.07. The summed E-state index contributed by atoms with van der Waals surface area (Å²) in [5.41, 5.74) is 0.0129. The highest BCUT2D eigenvalue weighted by molar-refractivity contribution is 5.94. The van der Waals surface area contributed by atoms with Crippen molar-refractivity contribution >= 4 is 12.0 Å². The Morgan fingerprint density at radius 2 is 2.14 bits per heavy atom. The van der Waals surface area contributed by atoms with Crippen LogP contribution in [-0.4, -0.2) is 42.1 Å². The summed E-state index contributed by atoms with van der Waals surface area (Å²) in [6, 6.07) is 2.92. The van der Waals surface area contributed by atoms with Gasteiger partial charge in [-0.05, 0) is 32.0 Å². The average Bonchev–Trinajstić information content (AvgIpc) is 2.80. The van der Waals surface area contributed by atoms with Crippen LogP contribution in [0.3, 0.4) is 0 Å². The number of nitrogens with one attached hydrogen (secondary N) is 1. The Kier molecular flexibility index (Phi) is 4.40. The van der Waals surface area contributed by atoms with Crippen molar-refractivity contribution in [2.24, 2.45) is 0 Å². The van der Waals surface area contributed by atoms with E-state index in [0.717, 1.165) is 12.1 Å². The van der Waals surface area contributed by atoms with Crippen molar-refractivity contribution in [1.82, 2.24) is 10.2 Å². The van der Waals surface area contributed by atoms with E-state index in [2.05, 4.69) is 5.32 Å². The lowest BCUT2D eigenvalue weighted by Crippen LogP contribution is -2.36. The van der Waals surface area contributed by atoms with E-state index >= 15 is 0 Å². The van der Waals surface area contributed by atoms with Gasteiger partial charge in [0, 0.05) is 11.6 Å². The molecule has 1 aliphatic heterocycles. The first-order chi connectivity index (χ1) is 9.88. The zero-order valence-electron chi connectivity index (χ0n) is 11.7. The molecule has 114 valence electrons. The molecule has 1 aromatic rings. The summed E-state index contributed by atoms with van der Waals surface area (Å²) in [5, 5.41) is 2.54. The van der Waals surface area contributed by atoms with Crippen LogP contribution >= 0.6 is 0 Å². The number of carbonyl (C=O) groups excluding carboxylic acids is 2. The van der Waals surface area contributed by atoms with E-state index in [0.29, 0.717) is 6.54 Å². The van der Waals surface area contributed by atoms with E-state index in [1.807, 2.05) is 13.8 Å². The molecule has 0 bridgehead atoms. The Labute approximate surface area is 120 Å². The molecule has 2 rings (SSSR count). The molecule has 1 saturated heterocycles. The lowest BCUT2D eigenvalue weighted by molar-refractivity contribution is 0.0913. The Bertz CT molecular complexity index is 563. The predicted molar refractivity (Wildman–Crippen MR) is 70.8 cm³/mol. The number of carbonyl (C=O) groups is 2. The van der Waals surface area contributed by atoms with Crippen LogP contribution in [0.15, 0.2) is 18.2 Å². The summed E-state index contributed by atoms with van der Waals surface area (Å²) in [4.78, 5) is 24.9. The number of hydrogen-bond donors (Lipinski definition) is 1. The zero-order chi connectivity index (χ0) is 15.6. The maximum absolute atomic E-state index is 13.0. The Balaban J connectivity index is 1.90. The molecule has 0 spiro atoms. The summed E-state index contributed by atoms with van der Waals surface area (Å²) >= 11 is 0. The highest BCUT2D eigenvalue weighted by atomic mass is 19.2. The van der Waals surface area contributed by atoms with Gasteiger partial charge in [-0.15, -0.1) is 0 Å². The second-order valence-corrected chi connectivity index (χ2v) is 5.09. The molecule has 1 unspecified atom stereocenters. The van der Waals surface area contributed by atoms with Crippen molar-refractivity contribution in [1.29, 1.82) is 0 Å². The first kappa shape index (κ1) is 15.2. The minimum atomic E-state index is -1.08. The Morgan fingerprint density at radius 3 is 2.71 bits per heavy atom. The number of benzene rings is 1. The predicted octanol–water partition coefficient (Wildman–Crippen LogP) is 1.92. The largest absolute Gasteiger partial charge is 0.442 e. The number of cyclic esters (lactones) is 1. The molecule has 5 nitrogen and oxygen atoms in total. The standard InChI is InChI=1S/C14H16F2N2O3/c1-8(2)18-7-10(21-14(18)20)6-17-13(19)9-3-4-11(15)12(16)5-9/h3-5,8,10H,6-7H2,1-2H3,(H,17,19). The normalized spacial score (nSPS) is 18.0. The van der Waals surface area contributed by atoms with Crippen LogP contribution in [0.5, 0.6) is 0 Å². The molecule has 1 fully saturated rings. The molecule has 0 aliphatic carbocycles. The molecule has 0 saturated carbocycles. The molecule has 1 aromatic carbocycles. The van der Waals surface area contributed by atoms with Gasteiger partial charge in [-0.3, -0.25) is 4.79 Å². The van der Waals surface area contributed by atoms with Crippen LogP contribution in [0.2, 0.25) is 0 Å². The number of amides is 2. The molecule has 1 atom stereocenters. The molecule has 2 amide bonds. The highest BCUT2D eigenvalue weighted by Crippen LogP contribution is 2.14.